The molecule has 1 amide bonds. The largest absolute Gasteiger partial charge is 0.497 e. The fourth-order valence-electron chi connectivity index (χ4n) is 2.48. The van der Waals surface area contributed by atoms with E-state index in [0.29, 0.717) is 12.3 Å². The second-order valence-corrected chi connectivity index (χ2v) is 5.32. The molecule has 5 heteroatoms. The summed E-state index contributed by atoms with van der Waals surface area (Å²) in [4.78, 5) is 11.8. The summed E-state index contributed by atoms with van der Waals surface area (Å²) in [5, 5.41) is 2.84. The third-order valence-corrected chi connectivity index (χ3v) is 3.65. The van der Waals surface area contributed by atoms with Crippen LogP contribution < -0.4 is 19.5 Å². The first-order chi connectivity index (χ1) is 11.2. The van der Waals surface area contributed by atoms with Gasteiger partial charge in [-0.05, 0) is 30.3 Å². The molecule has 2 aromatic carbocycles. The number of carbonyl (C=O) groups is 1. The van der Waals surface area contributed by atoms with Crippen LogP contribution in [0.15, 0.2) is 48.5 Å². The molecular weight excluding hydrogens is 294 g/mol. The Bertz CT molecular complexity index is 672. The van der Waals surface area contributed by atoms with E-state index in [1.54, 1.807) is 7.11 Å². The molecule has 0 radical (unpaired) electrons. The van der Waals surface area contributed by atoms with Crippen LogP contribution in [0.5, 0.6) is 17.2 Å². The zero-order valence-corrected chi connectivity index (χ0v) is 13.0. The Morgan fingerprint density at radius 2 is 2.04 bits per heavy atom. The Labute approximate surface area is 135 Å². The molecule has 0 aromatic heterocycles. The Morgan fingerprint density at radius 3 is 2.83 bits per heavy atom. The zero-order valence-electron chi connectivity index (χ0n) is 13.0. The predicted octanol–water partition coefficient (Wildman–Crippen LogP) is 2.19. The van der Waals surface area contributed by atoms with Crippen molar-refractivity contribution < 1.29 is 19.0 Å². The monoisotopic (exact) mass is 313 g/mol. The van der Waals surface area contributed by atoms with Gasteiger partial charge in [-0.3, -0.25) is 4.79 Å². The Hall–Kier alpha value is -2.69. The predicted molar refractivity (Wildman–Crippen MR) is 86.1 cm³/mol. The van der Waals surface area contributed by atoms with E-state index in [4.69, 9.17) is 14.2 Å². The number of rotatable bonds is 6. The van der Waals surface area contributed by atoms with Crippen molar-refractivity contribution in [3.05, 3.63) is 54.1 Å². The highest BCUT2D eigenvalue weighted by molar-refractivity contribution is 5.77. The molecule has 23 heavy (non-hydrogen) atoms. The van der Waals surface area contributed by atoms with Crippen LogP contribution in [0, 0.1) is 0 Å². The summed E-state index contributed by atoms with van der Waals surface area (Å²) in [6, 6.07) is 15.0. The SMILES string of the molecule is COc1ccc2c(c1)C[C@@H](CNC(=O)COc1ccccc1)O2. The van der Waals surface area contributed by atoms with Crippen molar-refractivity contribution in [1.82, 2.24) is 5.32 Å². The normalized spacial score (nSPS) is 15.4. The minimum absolute atomic E-state index is 0.00248. The minimum Gasteiger partial charge on any atom is -0.497 e. The molecule has 0 bridgehead atoms. The molecule has 0 unspecified atom stereocenters. The van der Waals surface area contributed by atoms with Gasteiger partial charge in [0.05, 0.1) is 13.7 Å². The maximum absolute atomic E-state index is 11.8. The number of carbonyl (C=O) groups excluding carboxylic acids is 1. The van der Waals surface area contributed by atoms with E-state index in [2.05, 4.69) is 5.32 Å². The van der Waals surface area contributed by atoms with Gasteiger partial charge in [0, 0.05) is 12.0 Å². The molecule has 1 N–H and O–H groups in total. The van der Waals surface area contributed by atoms with Crippen molar-refractivity contribution >= 4 is 5.91 Å². The lowest BCUT2D eigenvalue weighted by atomic mass is 10.1. The molecule has 0 spiro atoms. The van der Waals surface area contributed by atoms with E-state index in [9.17, 15) is 4.79 Å². The van der Waals surface area contributed by atoms with Gasteiger partial charge in [0.25, 0.3) is 5.91 Å². The number of methoxy groups -OCH3 is 1. The Kier molecular flexibility index (Phi) is 4.66. The molecule has 2 aromatic rings. The summed E-state index contributed by atoms with van der Waals surface area (Å²) >= 11 is 0. The van der Waals surface area contributed by atoms with Gasteiger partial charge in [-0.25, -0.2) is 0 Å². The minimum atomic E-state index is -0.161. The number of fused-ring (bicyclic) bond motifs is 1. The first kappa shape index (κ1) is 15.2. The molecule has 1 aliphatic rings. The Balaban J connectivity index is 1.43. The van der Waals surface area contributed by atoms with Crippen LogP contribution in [0.1, 0.15) is 5.56 Å². The van der Waals surface area contributed by atoms with Gasteiger partial charge in [-0.1, -0.05) is 18.2 Å². The number of para-hydroxylation sites is 1. The van der Waals surface area contributed by atoms with Crippen LogP contribution in [0.3, 0.4) is 0 Å². The molecule has 0 aliphatic carbocycles. The molecular formula is C18H19NO4. The van der Waals surface area contributed by atoms with Gasteiger partial charge >= 0.3 is 0 Å². The summed E-state index contributed by atoms with van der Waals surface area (Å²) in [6.45, 7) is 0.450. The summed E-state index contributed by atoms with van der Waals surface area (Å²) in [6.07, 6.45) is 0.699. The van der Waals surface area contributed by atoms with Gasteiger partial charge in [-0.2, -0.15) is 0 Å². The van der Waals surface area contributed by atoms with Crippen LogP contribution in [0.25, 0.3) is 0 Å². The topological polar surface area (TPSA) is 56.8 Å². The lowest BCUT2D eigenvalue weighted by Gasteiger charge is -2.12. The third-order valence-electron chi connectivity index (χ3n) is 3.65. The van der Waals surface area contributed by atoms with E-state index in [1.165, 1.54) is 0 Å². The molecule has 1 heterocycles. The second-order valence-electron chi connectivity index (χ2n) is 5.32. The average molecular weight is 313 g/mol. The van der Waals surface area contributed by atoms with Crippen molar-refractivity contribution in [2.45, 2.75) is 12.5 Å². The highest BCUT2D eigenvalue weighted by Crippen LogP contribution is 2.31. The van der Waals surface area contributed by atoms with Crippen LogP contribution in [-0.4, -0.2) is 32.3 Å². The standard InChI is InChI=1S/C18H19NO4/c1-21-15-7-8-17-13(9-15)10-16(23-17)11-19-18(20)12-22-14-5-3-2-4-6-14/h2-9,16H,10-12H2,1H3,(H,19,20)/t16-/m0/s1. The fraction of sp³-hybridized carbons (Fsp3) is 0.278. The smallest absolute Gasteiger partial charge is 0.258 e. The summed E-state index contributed by atoms with van der Waals surface area (Å²) in [7, 11) is 1.64. The molecule has 120 valence electrons. The van der Waals surface area contributed by atoms with Crippen molar-refractivity contribution in [2.75, 3.05) is 20.3 Å². The van der Waals surface area contributed by atoms with Crippen LogP contribution in [0.2, 0.25) is 0 Å². The van der Waals surface area contributed by atoms with E-state index in [0.717, 1.165) is 23.5 Å². The van der Waals surface area contributed by atoms with E-state index in [1.807, 2.05) is 48.5 Å². The molecule has 0 fully saturated rings. The first-order valence-electron chi connectivity index (χ1n) is 7.52. The van der Waals surface area contributed by atoms with Crippen LogP contribution in [0.4, 0.5) is 0 Å². The van der Waals surface area contributed by atoms with Gasteiger partial charge < -0.3 is 19.5 Å². The van der Waals surface area contributed by atoms with Gasteiger partial charge in [-0.15, -0.1) is 0 Å². The van der Waals surface area contributed by atoms with Gasteiger partial charge in [0.1, 0.15) is 23.4 Å². The van der Waals surface area contributed by atoms with Crippen molar-refractivity contribution in [3.8, 4) is 17.2 Å². The summed E-state index contributed by atoms with van der Waals surface area (Å²) in [5.41, 5.74) is 1.10. The molecule has 3 rings (SSSR count). The maximum Gasteiger partial charge on any atom is 0.258 e. The molecule has 0 saturated carbocycles. The van der Waals surface area contributed by atoms with Crippen LogP contribution in [-0.2, 0) is 11.2 Å². The third kappa shape index (κ3) is 3.94. The van der Waals surface area contributed by atoms with Crippen molar-refractivity contribution in [2.24, 2.45) is 0 Å². The van der Waals surface area contributed by atoms with E-state index in [-0.39, 0.29) is 18.6 Å². The number of hydrogen-bond donors (Lipinski definition) is 1. The Morgan fingerprint density at radius 1 is 1.22 bits per heavy atom. The number of nitrogens with one attached hydrogen (secondary N) is 1. The lowest BCUT2D eigenvalue weighted by molar-refractivity contribution is -0.123. The van der Waals surface area contributed by atoms with Crippen molar-refractivity contribution in [3.63, 3.8) is 0 Å². The molecule has 1 atom stereocenters. The highest BCUT2D eigenvalue weighted by atomic mass is 16.5. The van der Waals surface area contributed by atoms with E-state index < -0.39 is 0 Å². The summed E-state index contributed by atoms with van der Waals surface area (Å²) < 4.78 is 16.4. The molecule has 5 nitrogen and oxygen atoms in total. The van der Waals surface area contributed by atoms with Gasteiger partial charge in [0.2, 0.25) is 0 Å². The number of hydrogen-bond acceptors (Lipinski definition) is 4. The van der Waals surface area contributed by atoms with Crippen molar-refractivity contribution in [1.29, 1.82) is 0 Å². The number of benzene rings is 2. The summed E-state index contributed by atoms with van der Waals surface area (Å²) in [5.74, 6) is 2.18. The fourth-order valence-corrected chi connectivity index (χ4v) is 2.48. The lowest BCUT2D eigenvalue weighted by Crippen LogP contribution is -2.37. The highest BCUT2D eigenvalue weighted by Gasteiger charge is 2.23. The second kappa shape index (κ2) is 7.05. The van der Waals surface area contributed by atoms with E-state index >= 15 is 0 Å². The average Bonchev–Trinajstić information content (AvgIpc) is 3.01. The maximum atomic E-state index is 11.8. The quantitative estimate of drug-likeness (QED) is 0.888. The number of ether oxygens (including phenoxy) is 3. The first-order valence-corrected chi connectivity index (χ1v) is 7.52. The number of amides is 1. The zero-order chi connectivity index (χ0) is 16.1. The van der Waals surface area contributed by atoms with Crippen LogP contribution >= 0.6 is 0 Å². The molecule has 1 aliphatic heterocycles. The molecule has 0 saturated heterocycles. The van der Waals surface area contributed by atoms with Gasteiger partial charge in [0.15, 0.2) is 6.61 Å².